The van der Waals surface area contributed by atoms with Crippen molar-refractivity contribution in [3.05, 3.63) is 98.0 Å². The zero-order chi connectivity index (χ0) is 21.7. The van der Waals surface area contributed by atoms with Crippen molar-refractivity contribution >= 4 is 52.4 Å². The van der Waals surface area contributed by atoms with Gasteiger partial charge in [0.15, 0.2) is 5.75 Å². The molecule has 0 aromatic heterocycles. The highest BCUT2D eigenvalue weighted by molar-refractivity contribution is 6.37. The smallest absolute Gasteiger partial charge is 0.335 e. The van der Waals surface area contributed by atoms with Gasteiger partial charge in [-0.05, 0) is 59.2 Å². The van der Waals surface area contributed by atoms with E-state index in [2.05, 4.69) is 6.07 Å². The van der Waals surface area contributed by atoms with Crippen LogP contribution in [-0.2, 0) is 6.61 Å². The number of allylic oxidation sites excluding steroid dienone is 1. The van der Waals surface area contributed by atoms with Gasteiger partial charge in [0.25, 0.3) is 0 Å². The van der Waals surface area contributed by atoms with Gasteiger partial charge in [0.1, 0.15) is 6.61 Å². The first-order chi connectivity index (χ1) is 14.4. The lowest BCUT2D eigenvalue weighted by Crippen LogP contribution is -1.99. The molecular formula is C23H14Cl3NO3. The molecule has 3 aromatic rings. The van der Waals surface area contributed by atoms with E-state index in [1.165, 1.54) is 12.1 Å². The minimum absolute atomic E-state index is 0.169. The maximum absolute atomic E-state index is 10.9. The second-order valence-corrected chi connectivity index (χ2v) is 7.53. The summed E-state index contributed by atoms with van der Waals surface area (Å²) < 4.78 is 5.73. The summed E-state index contributed by atoms with van der Waals surface area (Å²) in [6.45, 7) is 0.169. The summed E-state index contributed by atoms with van der Waals surface area (Å²) in [5, 5.41) is 19.6. The molecule has 3 aromatic carbocycles. The number of carboxylic acid groups (broad SMARTS) is 1. The Morgan fingerprint density at radius 3 is 2.07 bits per heavy atom. The molecule has 0 bridgehead atoms. The van der Waals surface area contributed by atoms with Crippen molar-refractivity contribution in [2.24, 2.45) is 0 Å². The van der Waals surface area contributed by atoms with Gasteiger partial charge in [-0.15, -0.1) is 0 Å². The Balaban J connectivity index is 1.80. The van der Waals surface area contributed by atoms with Crippen LogP contribution in [0.5, 0.6) is 5.75 Å². The SMILES string of the molecule is N#C/C(=C\c1cc(Cl)c(OCc2ccc(C(=O)O)cc2)c(Cl)c1)c1ccc(Cl)cc1. The highest BCUT2D eigenvalue weighted by atomic mass is 35.5. The molecule has 4 nitrogen and oxygen atoms in total. The molecule has 150 valence electrons. The zero-order valence-corrected chi connectivity index (χ0v) is 17.7. The topological polar surface area (TPSA) is 70.3 Å². The van der Waals surface area contributed by atoms with Crippen LogP contribution < -0.4 is 4.74 Å². The average molecular weight is 459 g/mol. The van der Waals surface area contributed by atoms with Crippen molar-refractivity contribution in [2.45, 2.75) is 6.61 Å². The molecule has 0 heterocycles. The van der Waals surface area contributed by atoms with Crippen molar-refractivity contribution in [2.75, 3.05) is 0 Å². The minimum Gasteiger partial charge on any atom is -0.486 e. The molecule has 3 rings (SSSR count). The third-order valence-corrected chi connectivity index (χ3v) is 5.00. The Bertz CT molecular complexity index is 1120. The largest absolute Gasteiger partial charge is 0.486 e. The van der Waals surface area contributed by atoms with Gasteiger partial charge < -0.3 is 9.84 Å². The van der Waals surface area contributed by atoms with Crippen LogP contribution in [-0.4, -0.2) is 11.1 Å². The lowest BCUT2D eigenvalue weighted by Gasteiger charge is -2.11. The molecule has 0 aliphatic carbocycles. The Morgan fingerprint density at radius 2 is 1.53 bits per heavy atom. The molecule has 0 aliphatic rings. The number of hydrogen-bond donors (Lipinski definition) is 1. The molecule has 0 atom stereocenters. The minimum atomic E-state index is -0.993. The van der Waals surface area contributed by atoms with Crippen LogP contribution in [0, 0.1) is 11.3 Å². The number of ether oxygens (including phenoxy) is 1. The number of rotatable bonds is 6. The summed E-state index contributed by atoms with van der Waals surface area (Å²) in [5.41, 5.74) is 2.77. The lowest BCUT2D eigenvalue weighted by molar-refractivity contribution is 0.0697. The zero-order valence-electron chi connectivity index (χ0n) is 15.4. The van der Waals surface area contributed by atoms with E-state index < -0.39 is 5.97 Å². The van der Waals surface area contributed by atoms with E-state index in [0.717, 1.165) is 11.1 Å². The summed E-state index contributed by atoms with van der Waals surface area (Å²) in [6, 6.07) is 18.7. The van der Waals surface area contributed by atoms with Gasteiger partial charge in [0, 0.05) is 5.02 Å². The molecule has 0 aliphatic heterocycles. The number of halogens is 3. The number of carboxylic acids is 1. The van der Waals surface area contributed by atoms with E-state index in [9.17, 15) is 10.1 Å². The molecule has 0 fully saturated rings. The highest BCUT2D eigenvalue weighted by Gasteiger charge is 2.11. The monoisotopic (exact) mass is 457 g/mol. The molecule has 0 amide bonds. The van der Waals surface area contributed by atoms with E-state index in [1.54, 1.807) is 54.6 Å². The number of benzene rings is 3. The highest BCUT2D eigenvalue weighted by Crippen LogP contribution is 2.36. The Labute approximate surface area is 188 Å². The molecule has 7 heteroatoms. The maximum Gasteiger partial charge on any atom is 0.335 e. The Kier molecular flexibility index (Phi) is 7.02. The van der Waals surface area contributed by atoms with Gasteiger partial charge >= 0.3 is 5.97 Å². The van der Waals surface area contributed by atoms with Crippen LogP contribution in [0.3, 0.4) is 0 Å². The lowest BCUT2D eigenvalue weighted by atomic mass is 10.0. The number of nitrogens with zero attached hydrogens (tertiary/aromatic N) is 1. The number of nitriles is 1. The number of carbonyl (C=O) groups is 1. The predicted molar refractivity (Wildman–Crippen MR) is 119 cm³/mol. The van der Waals surface area contributed by atoms with Crippen LogP contribution in [0.1, 0.15) is 27.0 Å². The molecule has 0 saturated heterocycles. The average Bonchev–Trinajstić information content (AvgIpc) is 2.72. The summed E-state index contributed by atoms with van der Waals surface area (Å²) in [7, 11) is 0. The van der Waals surface area contributed by atoms with E-state index in [-0.39, 0.29) is 12.2 Å². The van der Waals surface area contributed by atoms with Gasteiger partial charge in [0.05, 0.1) is 27.3 Å². The molecule has 30 heavy (non-hydrogen) atoms. The molecule has 0 saturated carbocycles. The molecule has 0 radical (unpaired) electrons. The van der Waals surface area contributed by atoms with Crippen molar-refractivity contribution in [1.29, 1.82) is 5.26 Å². The maximum atomic E-state index is 10.9. The predicted octanol–water partition coefficient (Wildman–Crippen LogP) is 6.99. The first kappa shape index (κ1) is 21.7. The van der Waals surface area contributed by atoms with E-state index in [0.29, 0.717) is 32.0 Å². The second-order valence-electron chi connectivity index (χ2n) is 6.28. The summed E-state index contributed by atoms with van der Waals surface area (Å²) in [6.07, 6.45) is 1.68. The van der Waals surface area contributed by atoms with Crippen LogP contribution in [0.25, 0.3) is 11.6 Å². The number of aromatic carboxylic acids is 1. The van der Waals surface area contributed by atoms with Gasteiger partial charge in [0.2, 0.25) is 0 Å². The fourth-order valence-corrected chi connectivity index (χ4v) is 3.42. The molecule has 0 spiro atoms. The van der Waals surface area contributed by atoms with Crippen molar-refractivity contribution in [1.82, 2.24) is 0 Å². The molecule has 1 N–H and O–H groups in total. The molecule has 0 unspecified atom stereocenters. The van der Waals surface area contributed by atoms with Gasteiger partial charge in [-0.3, -0.25) is 0 Å². The van der Waals surface area contributed by atoms with Crippen molar-refractivity contribution in [3.8, 4) is 11.8 Å². The van der Waals surface area contributed by atoms with E-state index >= 15 is 0 Å². The Hall–Kier alpha value is -2.97. The normalized spacial score (nSPS) is 11.1. The van der Waals surface area contributed by atoms with E-state index in [4.69, 9.17) is 44.6 Å². The third-order valence-electron chi connectivity index (χ3n) is 4.19. The number of hydrogen-bond acceptors (Lipinski definition) is 3. The van der Waals surface area contributed by atoms with Crippen LogP contribution in [0.4, 0.5) is 0 Å². The standard InChI is InChI=1S/C23H14Cl3NO3/c24-19-7-5-16(6-8-19)18(12-27)9-15-10-20(25)22(21(26)11-15)30-13-14-1-3-17(4-2-14)23(28)29/h1-11H,13H2,(H,28,29)/b18-9+. The summed E-state index contributed by atoms with van der Waals surface area (Å²) >= 11 is 18.6. The van der Waals surface area contributed by atoms with Gasteiger partial charge in [-0.25, -0.2) is 4.79 Å². The van der Waals surface area contributed by atoms with Crippen LogP contribution >= 0.6 is 34.8 Å². The second kappa shape index (κ2) is 9.69. The first-order valence-electron chi connectivity index (χ1n) is 8.69. The third kappa shape index (κ3) is 5.34. The fourth-order valence-electron chi connectivity index (χ4n) is 2.68. The fraction of sp³-hybridized carbons (Fsp3) is 0.0435. The van der Waals surface area contributed by atoms with E-state index in [1.807, 2.05) is 0 Å². The van der Waals surface area contributed by atoms with Crippen molar-refractivity contribution < 1.29 is 14.6 Å². The first-order valence-corrected chi connectivity index (χ1v) is 9.82. The van der Waals surface area contributed by atoms with Crippen LogP contribution in [0.15, 0.2) is 60.7 Å². The summed E-state index contributed by atoms with van der Waals surface area (Å²) in [4.78, 5) is 10.9. The molecular weight excluding hydrogens is 445 g/mol. The van der Waals surface area contributed by atoms with Crippen molar-refractivity contribution in [3.63, 3.8) is 0 Å². The van der Waals surface area contributed by atoms with Crippen LogP contribution in [0.2, 0.25) is 15.1 Å². The Morgan fingerprint density at radius 1 is 0.967 bits per heavy atom. The summed E-state index contributed by atoms with van der Waals surface area (Å²) in [5.74, 6) is -0.685. The van der Waals surface area contributed by atoms with Gasteiger partial charge in [-0.1, -0.05) is 59.1 Å². The quantitative estimate of drug-likeness (QED) is 0.319. The van der Waals surface area contributed by atoms with Gasteiger partial charge in [-0.2, -0.15) is 5.26 Å².